The maximum absolute atomic E-state index is 12.6. The zero-order chi connectivity index (χ0) is 15.3. The van der Waals surface area contributed by atoms with Crippen LogP contribution < -0.4 is 5.32 Å². The molecule has 2 aromatic heterocycles. The molecule has 0 bridgehead atoms. The Morgan fingerprint density at radius 1 is 1.36 bits per heavy atom. The molecule has 0 radical (unpaired) electrons. The van der Waals surface area contributed by atoms with Crippen molar-refractivity contribution in [3.05, 3.63) is 35.2 Å². The molecule has 2 aromatic rings. The highest BCUT2D eigenvalue weighted by molar-refractivity contribution is 7.99. The second-order valence-electron chi connectivity index (χ2n) is 5.55. The van der Waals surface area contributed by atoms with Gasteiger partial charge in [-0.2, -0.15) is 11.8 Å². The summed E-state index contributed by atoms with van der Waals surface area (Å²) in [5.74, 6) is 1.40. The lowest BCUT2D eigenvalue weighted by Gasteiger charge is -2.18. The number of imidazole rings is 1. The van der Waals surface area contributed by atoms with Crippen LogP contribution in [0.2, 0.25) is 5.02 Å². The Hall–Kier alpha value is -1.73. The van der Waals surface area contributed by atoms with E-state index in [1.54, 1.807) is 40.7 Å². The third kappa shape index (κ3) is 2.07. The number of aromatic nitrogens is 2. The summed E-state index contributed by atoms with van der Waals surface area (Å²) in [6.07, 6.45) is 4.23. The highest BCUT2D eigenvalue weighted by atomic mass is 35.5. The number of hydrogen-bond acceptors (Lipinski definition) is 4. The van der Waals surface area contributed by atoms with Crippen LogP contribution in [0.1, 0.15) is 12.1 Å². The van der Waals surface area contributed by atoms with Gasteiger partial charge in [0.15, 0.2) is 0 Å². The van der Waals surface area contributed by atoms with E-state index in [1.165, 1.54) is 4.90 Å². The maximum Gasteiger partial charge on any atom is 0.325 e. The van der Waals surface area contributed by atoms with Crippen LogP contribution in [0.3, 0.4) is 0 Å². The number of nitrogens with zero attached hydrogens (tertiary/aromatic N) is 3. The van der Waals surface area contributed by atoms with E-state index in [0.717, 1.165) is 11.4 Å². The first-order valence-corrected chi connectivity index (χ1v) is 8.46. The van der Waals surface area contributed by atoms with Crippen LogP contribution in [-0.4, -0.2) is 43.3 Å². The van der Waals surface area contributed by atoms with E-state index in [-0.39, 0.29) is 18.5 Å². The number of imide groups is 1. The first-order valence-electron chi connectivity index (χ1n) is 6.92. The van der Waals surface area contributed by atoms with E-state index in [4.69, 9.17) is 11.6 Å². The number of fused-ring (bicyclic) bond motifs is 1. The molecular weight excluding hydrogens is 324 g/mol. The average molecular weight is 337 g/mol. The van der Waals surface area contributed by atoms with E-state index in [1.807, 2.05) is 0 Å². The van der Waals surface area contributed by atoms with Gasteiger partial charge in [0.25, 0.3) is 5.91 Å². The number of thioether (sulfide) groups is 1. The van der Waals surface area contributed by atoms with E-state index < -0.39 is 5.54 Å². The lowest BCUT2D eigenvalue weighted by atomic mass is 9.99. The third-order valence-electron chi connectivity index (χ3n) is 4.05. The number of amides is 3. The number of hydrogen-bond donors (Lipinski definition) is 1. The molecule has 1 N–H and O–H groups in total. The molecule has 114 valence electrons. The van der Waals surface area contributed by atoms with E-state index in [0.29, 0.717) is 22.9 Å². The number of carbonyl (C=O) groups excluding carboxylic acids is 2. The number of halogens is 1. The number of nitrogens with one attached hydrogen (secondary N) is 1. The minimum absolute atomic E-state index is 0.141. The molecule has 0 unspecified atom stereocenters. The van der Waals surface area contributed by atoms with Gasteiger partial charge in [0.1, 0.15) is 11.2 Å². The van der Waals surface area contributed by atoms with Gasteiger partial charge in [0.2, 0.25) is 0 Å². The van der Waals surface area contributed by atoms with E-state index >= 15 is 0 Å². The summed E-state index contributed by atoms with van der Waals surface area (Å²) in [7, 11) is 0. The van der Waals surface area contributed by atoms with Crippen LogP contribution in [0.4, 0.5) is 4.79 Å². The molecule has 0 aliphatic carbocycles. The van der Waals surface area contributed by atoms with Crippen molar-refractivity contribution in [2.75, 3.05) is 11.5 Å². The first-order chi connectivity index (χ1) is 10.6. The molecule has 4 heterocycles. The number of urea groups is 1. The largest absolute Gasteiger partial charge is 0.325 e. The molecule has 2 aliphatic heterocycles. The first kappa shape index (κ1) is 13.9. The summed E-state index contributed by atoms with van der Waals surface area (Å²) in [5.41, 5.74) is 0.690. The summed E-state index contributed by atoms with van der Waals surface area (Å²) >= 11 is 7.64. The predicted molar refractivity (Wildman–Crippen MR) is 84.0 cm³/mol. The SMILES string of the molecule is O=C1N[C@@]2(CCSC2)C(=O)N1Cc1cn2cc(Cl)ccc2n1. The molecule has 8 heteroatoms. The molecule has 1 spiro atoms. The van der Waals surface area contributed by atoms with Crippen LogP contribution in [0.5, 0.6) is 0 Å². The fourth-order valence-corrected chi connectivity index (χ4v) is 4.40. The second-order valence-corrected chi connectivity index (χ2v) is 7.09. The van der Waals surface area contributed by atoms with Crippen molar-refractivity contribution < 1.29 is 9.59 Å². The monoisotopic (exact) mass is 336 g/mol. The predicted octanol–water partition coefficient (Wildman–Crippen LogP) is 1.92. The molecule has 4 rings (SSSR count). The van der Waals surface area contributed by atoms with Gasteiger partial charge in [-0.1, -0.05) is 11.6 Å². The van der Waals surface area contributed by atoms with Gasteiger partial charge in [-0.3, -0.25) is 9.69 Å². The van der Waals surface area contributed by atoms with Gasteiger partial charge in [0, 0.05) is 18.1 Å². The fraction of sp³-hybridized carbons (Fsp3) is 0.357. The molecular formula is C14H13ClN4O2S. The average Bonchev–Trinajstić information content (AvgIpc) is 3.15. The normalized spacial score (nSPS) is 24.7. The van der Waals surface area contributed by atoms with E-state index in [9.17, 15) is 9.59 Å². The quantitative estimate of drug-likeness (QED) is 0.851. The Morgan fingerprint density at radius 2 is 2.23 bits per heavy atom. The standard InChI is InChI=1S/C14H13ClN4O2S/c15-9-1-2-11-16-10(6-18(11)5-9)7-19-12(20)14(17-13(19)21)3-4-22-8-14/h1-2,5-6H,3-4,7-8H2,(H,17,21)/t14-/m1/s1. The van der Waals surface area contributed by atoms with E-state index in [2.05, 4.69) is 10.3 Å². The van der Waals surface area contributed by atoms with Crippen molar-refractivity contribution >= 4 is 40.9 Å². The highest BCUT2D eigenvalue weighted by Gasteiger charge is 2.52. The Morgan fingerprint density at radius 3 is 3.00 bits per heavy atom. The smallest absolute Gasteiger partial charge is 0.322 e. The van der Waals surface area contributed by atoms with Crippen LogP contribution in [0.15, 0.2) is 24.5 Å². The summed E-state index contributed by atoms with van der Waals surface area (Å²) in [5, 5.41) is 3.46. The Balaban J connectivity index is 1.61. The molecule has 2 aliphatic rings. The molecule has 2 saturated heterocycles. The third-order valence-corrected chi connectivity index (χ3v) is 5.47. The minimum atomic E-state index is -0.704. The Labute approximate surface area is 135 Å². The summed E-state index contributed by atoms with van der Waals surface area (Å²) in [6, 6.07) is 3.22. The van der Waals surface area contributed by atoms with Crippen molar-refractivity contribution in [3.8, 4) is 0 Å². The summed E-state index contributed by atoms with van der Waals surface area (Å²) < 4.78 is 1.79. The number of rotatable bonds is 2. The lowest BCUT2D eigenvalue weighted by molar-refractivity contribution is -0.130. The van der Waals surface area contributed by atoms with Gasteiger partial charge < -0.3 is 9.72 Å². The Bertz CT molecular complexity index is 784. The van der Waals surface area contributed by atoms with Gasteiger partial charge in [0.05, 0.1) is 17.3 Å². The van der Waals surface area contributed by atoms with Gasteiger partial charge in [-0.25, -0.2) is 9.78 Å². The molecule has 2 fully saturated rings. The highest BCUT2D eigenvalue weighted by Crippen LogP contribution is 2.33. The van der Waals surface area contributed by atoms with Crippen LogP contribution in [0.25, 0.3) is 5.65 Å². The molecule has 0 saturated carbocycles. The molecule has 1 atom stereocenters. The van der Waals surface area contributed by atoms with Crippen LogP contribution in [0, 0.1) is 0 Å². The minimum Gasteiger partial charge on any atom is -0.322 e. The number of pyridine rings is 1. The molecule has 22 heavy (non-hydrogen) atoms. The van der Waals surface area contributed by atoms with Crippen molar-refractivity contribution in [1.29, 1.82) is 0 Å². The molecule has 0 aromatic carbocycles. The second kappa shape index (κ2) is 4.89. The zero-order valence-electron chi connectivity index (χ0n) is 11.6. The topological polar surface area (TPSA) is 66.7 Å². The lowest BCUT2D eigenvalue weighted by Crippen LogP contribution is -2.46. The summed E-state index contributed by atoms with van der Waals surface area (Å²) in [4.78, 5) is 30.4. The van der Waals surface area contributed by atoms with Gasteiger partial charge in [-0.15, -0.1) is 0 Å². The van der Waals surface area contributed by atoms with Crippen molar-refractivity contribution in [3.63, 3.8) is 0 Å². The van der Waals surface area contributed by atoms with Crippen molar-refractivity contribution in [1.82, 2.24) is 19.6 Å². The molecule has 6 nitrogen and oxygen atoms in total. The van der Waals surface area contributed by atoms with Gasteiger partial charge >= 0.3 is 6.03 Å². The zero-order valence-corrected chi connectivity index (χ0v) is 13.2. The summed E-state index contributed by atoms with van der Waals surface area (Å²) in [6.45, 7) is 0.177. The Kier molecular flexibility index (Phi) is 3.09. The van der Waals surface area contributed by atoms with Gasteiger partial charge in [-0.05, 0) is 24.3 Å². The van der Waals surface area contributed by atoms with Crippen LogP contribution in [-0.2, 0) is 11.3 Å². The van der Waals surface area contributed by atoms with Crippen molar-refractivity contribution in [2.45, 2.75) is 18.5 Å². The van der Waals surface area contributed by atoms with Crippen LogP contribution >= 0.6 is 23.4 Å². The fourth-order valence-electron chi connectivity index (χ4n) is 2.91. The maximum atomic E-state index is 12.6. The van der Waals surface area contributed by atoms with Crippen molar-refractivity contribution in [2.24, 2.45) is 0 Å². The molecule has 3 amide bonds. The number of carbonyl (C=O) groups is 2.